The molecular formula is C27H34N2O6S. The molecule has 194 valence electrons. The number of benzene rings is 2. The van der Waals surface area contributed by atoms with Crippen molar-refractivity contribution in [1.29, 1.82) is 5.41 Å². The first-order chi connectivity index (χ1) is 17.2. The predicted octanol–water partition coefficient (Wildman–Crippen LogP) is 5.01. The summed E-state index contributed by atoms with van der Waals surface area (Å²) in [5, 5.41) is 8.33. The Bertz CT molecular complexity index is 998. The molecule has 0 unspecified atom stereocenters. The Hall–Kier alpha value is -2.72. The van der Waals surface area contributed by atoms with Gasteiger partial charge in [0, 0.05) is 13.5 Å². The third-order valence-corrected chi connectivity index (χ3v) is 6.43. The van der Waals surface area contributed by atoms with Crippen LogP contribution in [0.5, 0.6) is 0 Å². The molecule has 0 saturated carbocycles. The molecule has 2 aromatic carbocycles. The van der Waals surface area contributed by atoms with Crippen molar-refractivity contribution in [2.24, 2.45) is 0 Å². The largest absolute Gasteiger partial charge is 0.443 e. The highest BCUT2D eigenvalue weighted by molar-refractivity contribution is 8.14. The molecule has 0 bridgehead atoms. The van der Waals surface area contributed by atoms with E-state index in [0.29, 0.717) is 25.9 Å². The molecule has 1 heterocycles. The van der Waals surface area contributed by atoms with Crippen LogP contribution >= 0.6 is 11.8 Å². The van der Waals surface area contributed by atoms with Crippen LogP contribution in [0.15, 0.2) is 60.7 Å². The third-order valence-electron chi connectivity index (χ3n) is 5.37. The zero-order valence-corrected chi connectivity index (χ0v) is 21.9. The molecule has 1 N–H and O–H groups in total. The summed E-state index contributed by atoms with van der Waals surface area (Å²) < 4.78 is 23.7. The Balaban J connectivity index is 1.70. The van der Waals surface area contributed by atoms with Crippen LogP contribution in [0.4, 0.5) is 4.79 Å². The van der Waals surface area contributed by atoms with Crippen molar-refractivity contribution < 1.29 is 28.5 Å². The van der Waals surface area contributed by atoms with Crippen molar-refractivity contribution >= 4 is 29.3 Å². The van der Waals surface area contributed by atoms with E-state index in [1.807, 2.05) is 60.7 Å². The zero-order chi connectivity index (χ0) is 26.1. The number of nitrogens with one attached hydrogen (secondary N) is 1. The fourth-order valence-electron chi connectivity index (χ4n) is 3.56. The van der Waals surface area contributed by atoms with Crippen molar-refractivity contribution in [3.8, 4) is 0 Å². The van der Waals surface area contributed by atoms with E-state index in [2.05, 4.69) is 0 Å². The van der Waals surface area contributed by atoms with Gasteiger partial charge in [-0.1, -0.05) is 72.4 Å². The Kier molecular flexibility index (Phi) is 10.1. The summed E-state index contributed by atoms with van der Waals surface area (Å²) in [5.74, 6) is 0. The molecule has 0 aromatic heterocycles. The first-order valence-electron chi connectivity index (χ1n) is 11.8. The van der Waals surface area contributed by atoms with Gasteiger partial charge >= 0.3 is 6.09 Å². The zero-order valence-electron chi connectivity index (χ0n) is 21.1. The van der Waals surface area contributed by atoms with E-state index in [1.54, 1.807) is 20.8 Å². The third kappa shape index (κ3) is 8.44. The SMILES string of the molecule is CN(C(=N)S[C@@H]1C[C@@H](OCc2ccccc2)[C@H](OCc2ccccc2)[C@@H](C=O)O1)C(=O)OC(C)(C)C. The first kappa shape index (κ1) is 27.9. The molecule has 1 aliphatic rings. The molecule has 8 nitrogen and oxygen atoms in total. The summed E-state index contributed by atoms with van der Waals surface area (Å²) >= 11 is 1.04. The van der Waals surface area contributed by atoms with Crippen LogP contribution in [0.25, 0.3) is 0 Å². The summed E-state index contributed by atoms with van der Waals surface area (Å²) in [7, 11) is 1.47. The molecule has 9 heteroatoms. The van der Waals surface area contributed by atoms with Gasteiger partial charge in [-0.25, -0.2) is 4.79 Å². The molecule has 1 fully saturated rings. The Morgan fingerprint density at radius 2 is 1.61 bits per heavy atom. The molecule has 4 atom stereocenters. The van der Waals surface area contributed by atoms with Gasteiger partial charge in [0.2, 0.25) is 0 Å². The molecule has 36 heavy (non-hydrogen) atoms. The van der Waals surface area contributed by atoms with Crippen LogP contribution < -0.4 is 0 Å². The summed E-state index contributed by atoms with van der Waals surface area (Å²) in [6.45, 7) is 5.93. The van der Waals surface area contributed by atoms with E-state index in [9.17, 15) is 9.59 Å². The van der Waals surface area contributed by atoms with Crippen LogP contribution in [-0.2, 0) is 37.0 Å². The summed E-state index contributed by atoms with van der Waals surface area (Å²) in [6.07, 6.45) is -1.53. The van der Waals surface area contributed by atoms with Crippen LogP contribution in [0.1, 0.15) is 38.3 Å². The fraction of sp³-hybridized carbons (Fsp3) is 0.444. The van der Waals surface area contributed by atoms with Crippen LogP contribution in [0.2, 0.25) is 0 Å². The van der Waals surface area contributed by atoms with E-state index in [0.717, 1.165) is 27.8 Å². The minimum Gasteiger partial charge on any atom is -0.443 e. The van der Waals surface area contributed by atoms with E-state index in [1.165, 1.54) is 7.05 Å². The van der Waals surface area contributed by atoms with Crippen molar-refractivity contribution in [3.63, 3.8) is 0 Å². The molecule has 1 aliphatic heterocycles. The van der Waals surface area contributed by atoms with Gasteiger partial charge in [0.25, 0.3) is 0 Å². The number of thioether (sulfide) groups is 1. The van der Waals surface area contributed by atoms with Gasteiger partial charge in [0.05, 0.1) is 19.3 Å². The highest BCUT2D eigenvalue weighted by Gasteiger charge is 2.41. The van der Waals surface area contributed by atoms with Crippen LogP contribution in [-0.4, -0.2) is 58.8 Å². The minimum atomic E-state index is -0.889. The summed E-state index contributed by atoms with van der Waals surface area (Å²) in [4.78, 5) is 25.5. The lowest BCUT2D eigenvalue weighted by molar-refractivity contribution is -0.188. The Labute approximate surface area is 216 Å². The van der Waals surface area contributed by atoms with E-state index >= 15 is 0 Å². The van der Waals surface area contributed by atoms with E-state index in [-0.39, 0.29) is 5.17 Å². The molecular weight excluding hydrogens is 480 g/mol. The first-order valence-corrected chi connectivity index (χ1v) is 12.7. The van der Waals surface area contributed by atoms with Gasteiger partial charge < -0.3 is 23.7 Å². The number of nitrogens with zero attached hydrogens (tertiary/aromatic N) is 1. The maximum atomic E-state index is 12.4. The Morgan fingerprint density at radius 3 is 2.14 bits per heavy atom. The number of carbonyl (C=O) groups is 2. The molecule has 1 amide bonds. The molecule has 0 radical (unpaired) electrons. The normalized spacial score (nSPS) is 22.0. The number of hydrogen-bond acceptors (Lipinski definition) is 8. The number of hydrogen-bond donors (Lipinski definition) is 1. The second kappa shape index (κ2) is 13.0. The van der Waals surface area contributed by atoms with Gasteiger partial charge in [-0.15, -0.1) is 0 Å². The predicted molar refractivity (Wildman–Crippen MR) is 139 cm³/mol. The van der Waals surface area contributed by atoms with Crippen LogP contribution in [0.3, 0.4) is 0 Å². The molecule has 2 aromatic rings. The van der Waals surface area contributed by atoms with Crippen molar-refractivity contribution in [2.45, 2.75) is 69.8 Å². The second-order valence-electron chi connectivity index (χ2n) is 9.46. The standard InChI is InChI=1S/C27H34N2O6S/c1-27(2,3)35-26(31)29(4)25(28)36-23-15-21(32-17-19-11-7-5-8-12-19)24(22(16-30)34-23)33-18-20-13-9-6-10-14-20/h5-14,16,21-24,28H,15,17-18H2,1-4H3/t21-,22-,23-,24+/m1/s1. The van der Waals surface area contributed by atoms with Gasteiger partial charge in [-0.05, 0) is 31.9 Å². The van der Waals surface area contributed by atoms with Crippen molar-refractivity contribution in [1.82, 2.24) is 4.90 Å². The lowest BCUT2D eigenvalue weighted by Crippen LogP contribution is -2.51. The van der Waals surface area contributed by atoms with Gasteiger partial charge in [0.15, 0.2) is 11.5 Å². The maximum absolute atomic E-state index is 12.4. The monoisotopic (exact) mass is 514 g/mol. The molecule has 1 saturated heterocycles. The molecule has 3 rings (SSSR count). The number of carbonyl (C=O) groups excluding carboxylic acids is 2. The lowest BCUT2D eigenvalue weighted by Gasteiger charge is -2.39. The number of amidine groups is 1. The van der Waals surface area contributed by atoms with Gasteiger partial charge in [-0.3, -0.25) is 10.3 Å². The maximum Gasteiger partial charge on any atom is 0.416 e. The van der Waals surface area contributed by atoms with E-state index < -0.39 is 35.4 Å². The quantitative estimate of drug-likeness (QED) is 0.300. The number of rotatable bonds is 8. The summed E-state index contributed by atoms with van der Waals surface area (Å²) in [6, 6.07) is 19.4. The molecule has 0 spiro atoms. The van der Waals surface area contributed by atoms with Gasteiger partial charge in [0.1, 0.15) is 23.2 Å². The Morgan fingerprint density at radius 1 is 1.06 bits per heavy atom. The van der Waals surface area contributed by atoms with Gasteiger partial charge in [-0.2, -0.15) is 0 Å². The van der Waals surface area contributed by atoms with Crippen molar-refractivity contribution in [3.05, 3.63) is 71.8 Å². The number of amides is 1. The average molecular weight is 515 g/mol. The van der Waals surface area contributed by atoms with Crippen molar-refractivity contribution in [2.75, 3.05) is 7.05 Å². The fourth-order valence-corrected chi connectivity index (χ4v) is 4.51. The van der Waals surface area contributed by atoms with Crippen LogP contribution in [0, 0.1) is 5.41 Å². The average Bonchev–Trinajstić information content (AvgIpc) is 2.86. The summed E-state index contributed by atoms with van der Waals surface area (Å²) in [5.41, 5.74) is 0.700. The second-order valence-corrected chi connectivity index (χ2v) is 10.6. The number of ether oxygens (including phenoxy) is 4. The topological polar surface area (TPSA) is 98.2 Å². The highest BCUT2D eigenvalue weighted by atomic mass is 32.2. The molecule has 0 aliphatic carbocycles. The number of aldehydes is 1. The lowest BCUT2D eigenvalue weighted by atomic mass is 10.0. The minimum absolute atomic E-state index is 0.0515. The van der Waals surface area contributed by atoms with E-state index in [4.69, 9.17) is 24.4 Å². The highest BCUT2D eigenvalue weighted by Crippen LogP contribution is 2.32. The smallest absolute Gasteiger partial charge is 0.416 e.